The van der Waals surface area contributed by atoms with Crippen molar-refractivity contribution in [3.63, 3.8) is 0 Å². The Balaban J connectivity index is 2.02. The van der Waals surface area contributed by atoms with Crippen molar-refractivity contribution in [2.24, 2.45) is 11.3 Å². The van der Waals surface area contributed by atoms with Gasteiger partial charge in [0.25, 0.3) is 0 Å². The van der Waals surface area contributed by atoms with E-state index in [1.54, 1.807) is 14.2 Å². The highest BCUT2D eigenvalue weighted by molar-refractivity contribution is 6.14. The largest absolute Gasteiger partial charge is 0.493 e. The Hall–Kier alpha value is -3.21. The minimum absolute atomic E-state index is 0.0439. The maximum absolute atomic E-state index is 13.8. The Morgan fingerprint density at radius 1 is 0.789 bits per heavy atom. The van der Waals surface area contributed by atoms with Crippen molar-refractivity contribution in [2.75, 3.05) is 14.2 Å². The molecule has 206 valence electrons. The van der Waals surface area contributed by atoms with Crippen molar-refractivity contribution in [2.45, 2.75) is 79.9 Å². The van der Waals surface area contributed by atoms with E-state index in [1.165, 1.54) is 0 Å². The average Bonchev–Trinajstić information content (AvgIpc) is 2.87. The van der Waals surface area contributed by atoms with Crippen LogP contribution < -0.4 is 18.9 Å². The Bertz CT molecular complexity index is 1100. The summed E-state index contributed by atoms with van der Waals surface area (Å²) in [5, 5.41) is 0. The number of Topliss-reactive ketones (excluding diaryl/α,β-unsaturated/α-hetero) is 1. The monoisotopic (exact) mass is 520 g/mol. The summed E-state index contributed by atoms with van der Waals surface area (Å²) in [5.74, 6) is 3.16. The molecule has 3 rings (SSSR count). The van der Waals surface area contributed by atoms with Gasteiger partial charge in [-0.25, -0.2) is 0 Å². The lowest BCUT2D eigenvalue weighted by molar-refractivity contribution is -0.113. The van der Waals surface area contributed by atoms with E-state index in [-0.39, 0.29) is 23.4 Å². The molecule has 0 aliphatic heterocycles. The predicted molar refractivity (Wildman–Crippen MR) is 155 cm³/mol. The molecule has 0 saturated heterocycles. The van der Waals surface area contributed by atoms with Crippen molar-refractivity contribution in [3.8, 4) is 23.0 Å². The molecular formula is C33H44O5. The smallest absolute Gasteiger partial charge is 0.185 e. The lowest BCUT2D eigenvalue weighted by atomic mass is 9.66. The number of rotatable bonds is 10. The van der Waals surface area contributed by atoms with Gasteiger partial charge in [0, 0.05) is 11.1 Å². The maximum Gasteiger partial charge on any atom is 0.185 e. The molecule has 2 aromatic carbocycles. The summed E-state index contributed by atoms with van der Waals surface area (Å²) in [5.41, 5.74) is 3.58. The van der Waals surface area contributed by atoms with Crippen LogP contribution in [0.25, 0.3) is 12.2 Å². The number of carbonyl (C=O) groups excluding carboxylic acids is 1. The molecule has 0 amide bonds. The third kappa shape index (κ3) is 7.21. The van der Waals surface area contributed by atoms with Crippen LogP contribution in [0.15, 0.2) is 47.5 Å². The normalized spacial score (nSPS) is 18.4. The van der Waals surface area contributed by atoms with E-state index < -0.39 is 0 Å². The van der Waals surface area contributed by atoms with E-state index in [2.05, 4.69) is 20.8 Å². The Kier molecular flexibility index (Phi) is 9.70. The van der Waals surface area contributed by atoms with Crippen molar-refractivity contribution < 1.29 is 23.7 Å². The Morgan fingerprint density at radius 3 is 1.55 bits per heavy atom. The number of allylic oxidation sites excluding steroid dienone is 2. The molecule has 1 fully saturated rings. The lowest BCUT2D eigenvalue weighted by Crippen LogP contribution is -2.30. The fourth-order valence-electron chi connectivity index (χ4n) is 4.74. The second-order valence-electron chi connectivity index (χ2n) is 11.3. The number of carbonyl (C=O) groups is 1. The van der Waals surface area contributed by atoms with Crippen molar-refractivity contribution in [1.29, 1.82) is 0 Å². The minimum atomic E-state index is 0.0439. The summed E-state index contributed by atoms with van der Waals surface area (Å²) in [7, 11) is 3.27. The molecule has 0 spiro atoms. The predicted octanol–water partition coefficient (Wildman–Crippen LogP) is 8.16. The van der Waals surface area contributed by atoms with Crippen LogP contribution in [0.1, 0.15) is 78.9 Å². The Morgan fingerprint density at radius 2 is 1.21 bits per heavy atom. The van der Waals surface area contributed by atoms with Gasteiger partial charge in [-0.1, -0.05) is 39.3 Å². The number of methoxy groups -OCH3 is 2. The van der Waals surface area contributed by atoms with E-state index in [9.17, 15) is 4.79 Å². The summed E-state index contributed by atoms with van der Waals surface area (Å²) in [6, 6.07) is 11.7. The van der Waals surface area contributed by atoms with E-state index in [1.807, 2.05) is 76.2 Å². The highest BCUT2D eigenvalue weighted by atomic mass is 16.5. The lowest BCUT2D eigenvalue weighted by Gasteiger charge is -2.38. The molecule has 0 N–H and O–H groups in total. The van der Waals surface area contributed by atoms with E-state index >= 15 is 0 Å². The summed E-state index contributed by atoms with van der Waals surface area (Å²) in [6.45, 7) is 14.8. The molecule has 0 atom stereocenters. The molecule has 0 bridgehead atoms. The number of hydrogen-bond donors (Lipinski definition) is 0. The molecule has 2 aromatic rings. The molecule has 0 aromatic heterocycles. The van der Waals surface area contributed by atoms with Gasteiger partial charge in [-0.3, -0.25) is 4.79 Å². The second kappa shape index (κ2) is 12.6. The second-order valence-corrected chi connectivity index (χ2v) is 11.3. The van der Waals surface area contributed by atoms with Crippen molar-refractivity contribution in [3.05, 3.63) is 58.7 Å². The molecule has 1 saturated carbocycles. The van der Waals surface area contributed by atoms with Crippen LogP contribution in [0.2, 0.25) is 0 Å². The zero-order valence-electron chi connectivity index (χ0n) is 24.5. The minimum Gasteiger partial charge on any atom is -0.493 e. The molecular weight excluding hydrogens is 476 g/mol. The first-order valence-electron chi connectivity index (χ1n) is 13.6. The molecule has 1 aliphatic rings. The number of ketones is 1. The van der Waals surface area contributed by atoms with Gasteiger partial charge in [-0.05, 0) is 99.4 Å². The standard InChI is InChI=1S/C33H44O5/c1-10-33(6,7)27-19-25(15-23-11-13-28(37-21(2)3)30(17-23)35-8)32(34)26(20-27)16-24-12-14-29(38-22(4)5)31(18-24)36-9/h11-18,21-22,27H,10,19-20H2,1-9H3/b25-15+,26-16+. The fraction of sp³-hybridized carbons (Fsp3) is 0.485. The summed E-state index contributed by atoms with van der Waals surface area (Å²) >= 11 is 0. The maximum atomic E-state index is 13.8. The Labute approximate surface area is 228 Å². The summed E-state index contributed by atoms with van der Waals surface area (Å²) < 4.78 is 22.9. The van der Waals surface area contributed by atoms with Gasteiger partial charge < -0.3 is 18.9 Å². The molecule has 0 radical (unpaired) electrons. The van der Waals surface area contributed by atoms with Gasteiger partial charge >= 0.3 is 0 Å². The van der Waals surface area contributed by atoms with Crippen LogP contribution in [-0.2, 0) is 4.79 Å². The first-order chi connectivity index (χ1) is 18.0. The van der Waals surface area contributed by atoms with Crippen molar-refractivity contribution >= 4 is 17.9 Å². The molecule has 1 aliphatic carbocycles. The zero-order valence-corrected chi connectivity index (χ0v) is 24.5. The van der Waals surface area contributed by atoms with Gasteiger partial charge in [0.15, 0.2) is 28.8 Å². The number of hydrogen-bond acceptors (Lipinski definition) is 5. The van der Waals surface area contributed by atoms with Gasteiger partial charge in [-0.2, -0.15) is 0 Å². The average molecular weight is 521 g/mol. The summed E-state index contributed by atoms with van der Waals surface area (Å²) in [4.78, 5) is 13.8. The van der Waals surface area contributed by atoms with E-state index in [4.69, 9.17) is 18.9 Å². The van der Waals surface area contributed by atoms with Crippen LogP contribution in [0.5, 0.6) is 23.0 Å². The van der Waals surface area contributed by atoms with E-state index in [0.717, 1.165) is 41.5 Å². The first-order valence-corrected chi connectivity index (χ1v) is 13.6. The third-order valence-corrected chi connectivity index (χ3v) is 7.31. The highest BCUT2D eigenvalue weighted by Crippen LogP contribution is 2.44. The van der Waals surface area contributed by atoms with Crippen LogP contribution in [0.3, 0.4) is 0 Å². The van der Waals surface area contributed by atoms with Gasteiger partial charge in [0.2, 0.25) is 0 Å². The molecule has 0 unspecified atom stereocenters. The molecule has 0 heterocycles. The number of benzene rings is 2. The molecule has 38 heavy (non-hydrogen) atoms. The first kappa shape index (κ1) is 29.3. The fourth-order valence-corrected chi connectivity index (χ4v) is 4.74. The topological polar surface area (TPSA) is 54.0 Å². The highest BCUT2D eigenvalue weighted by Gasteiger charge is 2.36. The van der Waals surface area contributed by atoms with Gasteiger partial charge in [-0.15, -0.1) is 0 Å². The van der Waals surface area contributed by atoms with Crippen LogP contribution in [0, 0.1) is 11.3 Å². The zero-order chi connectivity index (χ0) is 28.0. The summed E-state index contributed by atoms with van der Waals surface area (Å²) in [6.07, 6.45) is 6.63. The van der Waals surface area contributed by atoms with Crippen LogP contribution in [0.4, 0.5) is 0 Å². The quantitative estimate of drug-likeness (QED) is 0.296. The van der Waals surface area contributed by atoms with Crippen LogP contribution >= 0.6 is 0 Å². The van der Waals surface area contributed by atoms with Gasteiger partial charge in [0.1, 0.15) is 0 Å². The van der Waals surface area contributed by atoms with Crippen LogP contribution in [-0.4, -0.2) is 32.2 Å². The SMILES string of the molecule is CCC(C)(C)C1C/C(=C\c2ccc(OC(C)C)c(OC)c2)C(=O)/C(=C/c2ccc(OC(C)C)c(OC)c2)C1. The van der Waals surface area contributed by atoms with Gasteiger partial charge in [0.05, 0.1) is 26.4 Å². The molecule has 5 heteroatoms. The number of ether oxygens (including phenoxy) is 4. The van der Waals surface area contributed by atoms with E-state index in [0.29, 0.717) is 28.9 Å². The van der Waals surface area contributed by atoms with Crippen molar-refractivity contribution in [1.82, 2.24) is 0 Å². The molecule has 5 nitrogen and oxygen atoms in total. The third-order valence-electron chi connectivity index (χ3n) is 7.31.